The molecule has 0 fully saturated rings. The summed E-state index contributed by atoms with van der Waals surface area (Å²) in [5, 5.41) is 9.51. The second-order valence-electron chi connectivity index (χ2n) is 4.00. The fourth-order valence-electron chi connectivity index (χ4n) is 2.33. The van der Waals surface area contributed by atoms with E-state index in [0.29, 0.717) is 0 Å². The minimum atomic E-state index is 0.0219. The first-order chi connectivity index (χ1) is 7.90. The molecule has 0 atom stereocenters. The van der Waals surface area contributed by atoms with Crippen LogP contribution in [0.1, 0.15) is 11.1 Å². The fraction of sp³-hybridized carbons (Fsp3) is 0.143. The van der Waals surface area contributed by atoms with Crippen LogP contribution in [0, 0.1) is 0 Å². The zero-order valence-electron chi connectivity index (χ0n) is 8.93. The molecular formula is C14H13NO. The Morgan fingerprint density at radius 3 is 1.88 bits per heavy atom. The molecule has 3 rings (SSSR count). The van der Waals surface area contributed by atoms with Crippen LogP contribution < -0.4 is 4.90 Å². The van der Waals surface area contributed by atoms with E-state index in [-0.39, 0.29) is 6.73 Å². The summed E-state index contributed by atoms with van der Waals surface area (Å²) in [7, 11) is 0. The van der Waals surface area contributed by atoms with Gasteiger partial charge in [-0.2, -0.15) is 0 Å². The summed E-state index contributed by atoms with van der Waals surface area (Å²) in [6.45, 7) is 0.0219. The zero-order valence-corrected chi connectivity index (χ0v) is 8.93. The van der Waals surface area contributed by atoms with Crippen molar-refractivity contribution >= 4 is 11.4 Å². The van der Waals surface area contributed by atoms with E-state index >= 15 is 0 Å². The molecule has 0 saturated carbocycles. The predicted octanol–water partition coefficient (Wildman–Crippen LogP) is 2.68. The molecule has 0 bridgehead atoms. The first-order valence-corrected chi connectivity index (χ1v) is 5.44. The van der Waals surface area contributed by atoms with Gasteiger partial charge in [0.2, 0.25) is 0 Å². The van der Waals surface area contributed by atoms with E-state index in [1.807, 2.05) is 29.2 Å². The molecule has 0 unspecified atom stereocenters. The molecule has 0 aromatic heterocycles. The molecule has 0 radical (unpaired) electrons. The van der Waals surface area contributed by atoms with Crippen molar-refractivity contribution in [3.63, 3.8) is 0 Å². The van der Waals surface area contributed by atoms with Gasteiger partial charge >= 0.3 is 0 Å². The third-order valence-corrected chi connectivity index (χ3v) is 3.09. The van der Waals surface area contributed by atoms with E-state index in [1.165, 1.54) is 11.1 Å². The standard InChI is InChI=1S/C14H13NO/c16-10-15-13-7-3-1-5-11(13)9-12-6-2-4-8-14(12)15/h1-8,16H,9-10H2. The van der Waals surface area contributed by atoms with E-state index in [1.54, 1.807) is 0 Å². The van der Waals surface area contributed by atoms with E-state index < -0.39 is 0 Å². The van der Waals surface area contributed by atoms with Crippen LogP contribution in [0.2, 0.25) is 0 Å². The summed E-state index contributed by atoms with van der Waals surface area (Å²) in [6.07, 6.45) is 0.947. The van der Waals surface area contributed by atoms with Crippen LogP contribution in [-0.4, -0.2) is 11.8 Å². The maximum atomic E-state index is 9.51. The second kappa shape index (κ2) is 3.65. The van der Waals surface area contributed by atoms with Gasteiger partial charge in [-0.05, 0) is 23.3 Å². The number of benzene rings is 2. The third-order valence-electron chi connectivity index (χ3n) is 3.09. The van der Waals surface area contributed by atoms with Gasteiger partial charge in [0.15, 0.2) is 0 Å². The summed E-state index contributed by atoms with van der Waals surface area (Å²) < 4.78 is 0. The molecule has 0 aliphatic carbocycles. The number of para-hydroxylation sites is 2. The van der Waals surface area contributed by atoms with Gasteiger partial charge in [0.05, 0.1) is 0 Å². The highest BCUT2D eigenvalue weighted by Crippen LogP contribution is 2.37. The highest BCUT2D eigenvalue weighted by Gasteiger charge is 2.20. The molecule has 1 N–H and O–H groups in total. The molecule has 2 nitrogen and oxygen atoms in total. The number of rotatable bonds is 1. The van der Waals surface area contributed by atoms with Crippen LogP contribution in [-0.2, 0) is 6.42 Å². The first kappa shape index (κ1) is 9.43. The number of fused-ring (bicyclic) bond motifs is 2. The Bertz CT molecular complexity index is 476. The van der Waals surface area contributed by atoms with Crippen molar-refractivity contribution in [2.75, 3.05) is 11.6 Å². The lowest BCUT2D eigenvalue weighted by Crippen LogP contribution is -2.24. The lowest BCUT2D eigenvalue weighted by Gasteiger charge is -2.31. The van der Waals surface area contributed by atoms with Gasteiger partial charge in [-0.1, -0.05) is 36.4 Å². The van der Waals surface area contributed by atoms with Gasteiger partial charge in [-0.25, -0.2) is 0 Å². The number of nitrogens with zero attached hydrogens (tertiary/aromatic N) is 1. The number of aliphatic hydroxyl groups is 1. The van der Waals surface area contributed by atoms with Crippen molar-refractivity contribution in [3.05, 3.63) is 59.7 Å². The SMILES string of the molecule is OCN1c2ccccc2Cc2ccccc21. The summed E-state index contributed by atoms with van der Waals surface area (Å²) in [5.74, 6) is 0. The van der Waals surface area contributed by atoms with E-state index in [9.17, 15) is 5.11 Å². The Hall–Kier alpha value is -1.80. The second-order valence-corrected chi connectivity index (χ2v) is 4.00. The highest BCUT2D eigenvalue weighted by atomic mass is 16.3. The van der Waals surface area contributed by atoms with Gasteiger partial charge in [0, 0.05) is 17.8 Å². The monoisotopic (exact) mass is 211 g/mol. The molecule has 0 amide bonds. The minimum absolute atomic E-state index is 0.0219. The molecule has 2 heteroatoms. The van der Waals surface area contributed by atoms with Crippen molar-refractivity contribution in [3.8, 4) is 0 Å². The van der Waals surface area contributed by atoms with Crippen molar-refractivity contribution < 1.29 is 5.11 Å². The van der Waals surface area contributed by atoms with Gasteiger partial charge in [-0.15, -0.1) is 0 Å². The molecule has 2 aromatic carbocycles. The zero-order chi connectivity index (χ0) is 11.0. The maximum absolute atomic E-state index is 9.51. The van der Waals surface area contributed by atoms with Crippen LogP contribution >= 0.6 is 0 Å². The number of hydrogen-bond donors (Lipinski definition) is 1. The number of aliphatic hydroxyl groups excluding tert-OH is 1. The Kier molecular flexibility index (Phi) is 2.15. The van der Waals surface area contributed by atoms with E-state index in [2.05, 4.69) is 24.3 Å². The van der Waals surface area contributed by atoms with Crippen LogP contribution in [0.4, 0.5) is 11.4 Å². The van der Waals surface area contributed by atoms with Crippen LogP contribution in [0.25, 0.3) is 0 Å². The van der Waals surface area contributed by atoms with Gasteiger partial charge in [0.1, 0.15) is 6.73 Å². The first-order valence-electron chi connectivity index (χ1n) is 5.44. The van der Waals surface area contributed by atoms with E-state index in [4.69, 9.17) is 0 Å². The molecule has 0 saturated heterocycles. The lowest BCUT2D eigenvalue weighted by molar-refractivity contribution is 0.304. The Labute approximate surface area is 94.8 Å². The number of hydrogen-bond acceptors (Lipinski definition) is 2. The van der Waals surface area contributed by atoms with Crippen molar-refractivity contribution in [2.24, 2.45) is 0 Å². The van der Waals surface area contributed by atoms with Crippen LogP contribution in [0.3, 0.4) is 0 Å². The molecular weight excluding hydrogens is 198 g/mol. The molecule has 1 aliphatic heterocycles. The molecule has 1 aliphatic rings. The largest absolute Gasteiger partial charge is 0.376 e. The van der Waals surface area contributed by atoms with E-state index in [0.717, 1.165) is 17.8 Å². The maximum Gasteiger partial charge on any atom is 0.120 e. The molecule has 2 aromatic rings. The summed E-state index contributed by atoms with van der Waals surface area (Å²) in [5.41, 5.74) is 4.78. The Balaban J connectivity index is 2.19. The third kappa shape index (κ3) is 1.31. The van der Waals surface area contributed by atoms with Crippen molar-refractivity contribution in [1.82, 2.24) is 0 Å². The van der Waals surface area contributed by atoms with Crippen LogP contribution in [0.5, 0.6) is 0 Å². The smallest absolute Gasteiger partial charge is 0.120 e. The summed E-state index contributed by atoms with van der Waals surface area (Å²) >= 11 is 0. The summed E-state index contributed by atoms with van der Waals surface area (Å²) in [6, 6.07) is 16.5. The predicted molar refractivity (Wildman–Crippen MR) is 64.9 cm³/mol. The highest BCUT2D eigenvalue weighted by molar-refractivity contribution is 5.73. The fourth-order valence-corrected chi connectivity index (χ4v) is 2.33. The molecule has 16 heavy (non-hydrogen) atoms. The number of anilines is 2. The molecule has 80 valence electrons. The average Bonchev–Trinajstić information content (AvgIpc) is 2.36. The Morgan fingerprint density at radius 1 is 0.875 bits per heavy atom. The quantitative estimate of drug-likeness (QED) is 0.784. The average molecular weight is 211 g/mol. The van der Waals surface area contributed by atoms with Crippen LogP contribution in [0.15, 0.2) is 48.5 Å². The lowest BCUT2D eigenvalue weighted by atomic mass is 9.96. The summed E-state index contributed by atoms with van der Waals surface area (Å²) in [4.78, 5) is 1.95. The molecule has 0 spiro atoms. The van der Waals surface area contributed by atoms with Gasteiger partial charge in [-0.3, -0.25) is 0 Å². The minimum Gasteiger partial charge on any atom is -0.376 e. The van der Waals surface area contributed by atoms with Gasteiger partial charge in [0.25, 0.3) is 0 Å². The molecule has 1 heterocycles. The van der Waals surface area contributed by atoms with Crippen molar-refractivity contribution in [2.45, 2.75) is 6.42 Å². The topological polar surface area (TPSA) is 23.5 Å². The van der Waals surface area contributed by atoms with Crippen molar-refractivity contribution in [1.29, 1.82) is 0 Å². The normalized spacial score (nSPS) is 13.2. The van der Waals surface area contributed by atoms with Gasteiger partial charge < -0.3 is 10.0 Å². The Morgan fingerprint density at radius 2 is 1.38 bits per heavy atom.